The molecule has 0 spiro atoms. The first-order chi connectivity index (χ1) is 9.52. The molecule has 5 heteroatoms. The van der Waals surface area contributed by atoms with Crippen LogP contribution in [0.2, 0.25) is 10.0 Å². The van der Waals surface area contributed by atoms with E-state index in [9.17, 15) is 4.79 Å². The summed E-state index contributed by atoms with van der Waals surface area (Å²) in [5.74, 6) is -0.146. The van der Waals surface area contributed by atoms with Crippen LogP contribution in [-0.4, -0.2) is 24.8 Å². The largest absolute Gasteiger partial charge is 0.469 e. The summed E-state index contributed by atoms with van der Waals surface area (Å²) in [7, 11) is 1.41. The van der Waals surface area contributed by atoms with E-state index in [1.165, 1.54) is 7.11 Å². The second kappa shape index (κ2) is 12.0. The number of rotatable bonds is 6. The van der Waals surface area contributed by atoms with Crippen molar-refractivity contribution in [2.75, 3.05) is 13.7 Å². The van der Waals surface area contributed by atoms with E-state index < -0.39 is 0 Å². The number of methoxy groups -OCH3 is 1. The van der Waals surface area contributed by atoms with E-state index in [1.54, 1.807) is 12.1 Å². The van der Waals surface area contributed by atoms with Crippen LogP contribution in [0.25, 0.3) is 0 Å². The lowest BCUT2D eigenvalue weighted by Crippen LogP contribution is -2.12. The Bertz CT molecular complexity index is 362. The van der Waals surface area contributed by atoms with Crippen LogP contribution in [0.15, 0.2) is 24.3 Å². The summed E-state index contributed by atoms with van der Waals surface area (Å²) in [6, 6.07) is 7.19. The van der Waals surface area contributed by atoms with Gasteiger partial charge in [0.15, 0.2) is 0 Å². The molecule has 3 nitrogen and oxygen atoms in total. The predicted octanol–water partition coefficient (Wildman–Crippen LogP) is 4.34. The number of unbranched alkanes of at least 4 members (excludes halogenated alkanes) is 2. The maximum Gasteiger partial charge on any atom is 0.308 e. The van der Waals surface area contributed by atoms with Gasteiger partial charge in [0.1, 0.15) is 0 Å². The van der Waals surface area contributed by atoms with Gasteiger partial charge in [-0.15, -0.1) is 0 Å². The molecule has 0 heterocycles. The number of hydrogen-bond acceptors (Lipinski definition) is 3. The molecule has 0 radical (unpaired) electrons. The Morgan fingerprint density at radius 3 is 2.15 bits per heavy atom. The van der Waals surface area contributed by atoms with Crippen LogP contribution >= 0.6 is 23.2 Å². The number of aliphatic hydroxyl groups excluding tert-OH is 1. The molecule has 0 fully saturated rings. The van der Waals surface area contributed by atoms with Crippen LogP contribution in [0.3, 0.4) is 0 Å². The van der Waals surface area contributed by atoms with E-state index in [4.69, 9.17) is 28.3 Å². The third kappa shape index (κ3) is 9.18. The first-order valence-corrected chi connectivity index (χ1v) is 7.37. The first-order valence-electron chi connectivity index (χ1n) is 6.61. The third-order valence-corrected chi connectivity index (χ3v) is 3.48. The molecular formula is C15H22Cl2O3. The molecule has 0 aromatic heterocycles. The molecule has 1 unspecified atom stereocenters. The lowest BCUT2D eigenvalue weighted by atomic mass is 10.0. The Morgan fingerprint density at radius 2 is 1.75 bits per heavy atom. The number of aliphatic hydroxyl groups is 1. The standard InChI is InChI=1S/C9H18O3.C6H4Cl2/c1-8(9(11)12-2)6-4-3-5-7-10;7-5-3-1-2-4-6(5)8/h8,10H,3-7H2,1-2H3;1-4H. The van der Waals surface area contributed by atoms with Crippen molar-refractivity contribution in [3.8, 4) is 0 Å². The maximum absolute atomic E-state index is 10.9. The Hall–Kier alpha value is -0.770. The van der Waals surface area contributed by atoms with Gasteiger partial charge in [0.2, 0.25) is 0 Å². The van der Waals surface area contributed by atoms with Crippen LogP contribution < -0.4 is 0 Å². The van der Waals surface area contributed by atoms with Gasteiger partial charge < -0.3 is 9.84 Å². The molecule has 0 aliphatic carbocycles. The molecule has 1 atom stereocenters. The Kier molecular flexibility index (Phi) is 11.5. The van der Waals surface area contributed by atoms with Crippen molar-refractivity contribution in [2.24, 2.45) is 5.92 Å². The fourth-order valence-corrected chi connectivity index (χ4v) is 1.77. The molecule has 114 valence electrons. The van der Waals surface area contributed by atoms with E-state index in [1.807, 2.05) is 19.1 Å². The summed E-state index contributed by atoms with van der Waals surface area (Å²) in [4.78, 5) is 10.9. The first kappa shape index (κ1) is 19.2. The molecule has 1 rings (SSSR count). The van der Waals surface area contributed by atoms with Crippen molar-refractivity contribution >= 4 is 29.2 Å². The highest BCUT2D eigenvalue weighted by Gasteiger charge is 2.11. The fourth-order valence-electron chi connectivity index (χ4n) is 1.50. The summed E-state index contributed by atoms with van der Waals surface area (Å²) in [5, 5.41) is 9.71. The molecular weight excluding hydrogens is 299 g/mol. The van der Waals surface area contributed by atoms with Gasteiger partial charge in [-0.2, -0.15) is 0 Å². The van der Waals surface area contributed by atoms with Gasteiger partial charge in [0.25, 0.3) is 0 Å². The highest BCUT2D eigenvalue weighted by Crippen LogP contribution is 2.19. The minimum atomic E-state index is -0.140. The van der Waals surface area contributed by atoms with Crippen LogP contribution in [0.4, 0.5) is 0 Å². The maximum atomic E-state index is 10.9. The van der Waals surface area contributed by atoms with Crippen molar-refractivity contribution in [1.82, 2.24) is 0 Å². The van der Waals surface area contributed by atoms with Gasteiger partial charge in [-0.25, -0.2) is 0 Å². The van der Waals surface area contributed by atoms with Crippen LogP contribution in [0.1, 0.15) is 32.6 Å². The van der Waals surface area contributed by atoms with Gasteiger partial charge in [0.05, 0.1) is 23.1 Å². The summed E-state index contributed by atoms with van der Waals surface area (Å²) in [5.41, 5.74) is 0. The fraction of sp³-hybridized carbons (Fsp3) is 0.533. The van der Waals surface area contributed by atoms with E-state index in [-0.39, 0.29) is 18.5 Å². The second-order valence-corrected chi connectivity index (χ2v) is 5.23. The number of esters is 1. The molecule has 20 heavy (non-hydrogen) atoms. The normalized spacial score (nSPS) is 11.2. The Morgan fingerprint density at radius 1 is 1.20 bits per heavy atom. The third-order valence-electron chi connectivity index (χ3n) is 2.72. The van der Waals surface area contributed by atoms with Crippen LogP contribution in [0, 0.1) is 5.92 Å². The zero-order valence-electron chi connectivity index (χ0n) is 11.9. The minimum absolute atomic E-state index is 0.00584. The van der Waals surface area contributed by atoms with E-state index >= 15 is 0 Å². The molecule has 1 aromatic carbocycles. The van der Waals surface area contributed by atoms with Crippen molar-refractivity contribution in [3.05, 3.63) is 34.3 Å². The monoisotopic (exact) mass is 320 g/mol. The number of benzene rings is 1. The lowest BCUT2D eigenvalue weighted by molar-refractivity contribution is -0.145. The molecule has 1 aromatic rings. The van der Waals surface area contributed by atoms with Crippen molar-refractivity contribution in [2.45, 2.75) is 32.6 Å². The highest BCUT2D eigenvalue weighted by atomic mass is 35.5. The van der Waals surface area contributed by atoms with Gasteiger partial charge >= 0.3 is 5.97 Å². The van der Waals surface area contributed by atoms with E-state index in [0.29, 0.717) is 10.0 Å². The lowest BCUT2D eigenvalue weighted by Gasteiger charge is -2.07. The summed E-state index contributed by atoms with van der Waals surface area (Å²) in [6.45, 7) is 2.11. The SMILES string of the molecule is COC(=O)C(C)CCCCCO.Clc1ccccc1Cl. The van der Waals surface area contributed by atoms with Gasteiger partial charge in [0, 0.05) is 6.61 Å². The van der Waals surface area contributed by atoms with Crippen molar-refractivity contribution in [3.63, 3.8) is 0 Å². The van der Waals surface area contributed by atoms with Gasteiger partial charge in [-0.1, -0.05) is 55.1 Å². The zero-order valence-corrected chi connectivity index (χ0v) is 13.5. The minimum Gasteiger partial charge on any atom is -0.469 e. The molecule has 0 saturated carbocycles. The topological polar surface area (TPSA) is 46.5 Å². The van der Waals surface area contributed by atoms with E-state index in [0.717, 1.165) is 25.7 Å². The van der Waals surface area contributed by atoms with Gasteiger partial charge in [-0.05, 0) is 25.0 Å². The molecule has 0 saturated heterocycles. The average molecular weight is 321 g/mol. The summed E-state index contributed by atoms with van der Waals surface area (Å²) in [6.07, 6.45) is 3.65. The number of hydrogen-bond donors (Lipinski definition) is 1. The highest BCUT2D eigenvalue weighted by molar-refractivity contribution is 6.41. The number of carbonyl (C=O) groups excluding carboxylic acids is 1. The number of ether oxygens (including phenoxy) is 1. The predicted molar refractivity (Wildman–Crippen MR) is 83.2 cm³/mol. The summed E-state index contributed by atoms with van der Waals surface area (Å²) < 4.78 is 4.58. The smallest absolute Gasteiger partial charge is 0.308 e. The molecule has 0 amide bonds. The van der Waals surface area contributed by atoms with Crippen LogP contribution in [0.5, 0.6) is 0 Å². The Labute approximate surface area is 130 Å². The zero-order chi connectivity index (χ0) is 15.4. The summed E-state index contributed by atoms with van der Waals surface area (Å²) >= 11 is 11.2. The molecule has 0 aliphatic heterocycles. The molecule has 1 N–H and O–H groups in total. The average Bonchev–Trinajstić information content (AvgIpc) is 2.46. The Balaban J connectivity index is 0.000000388. The van der Waals surface area contributed by atoms with Crippen molar-refractivity contribution in [1.29, 1.82) is 0 Å². The van der Waals surface area contributed by atoms with Crippen molar-refractivity contribution < 1.29 is 14.6 Å². The molecule has 0 aliphatic rings. The van der Waals surface area contributed by atoms with Gasteiger partial charge in [-0.3, -0.25) is 4.79 Å². The molecule has 0 bridgehead atoms. The van der Waals surface area contributed by atoms with E-state index in [2.05, 4.69) is 4.74 Å². The quantitative estimate of drug-likeness (QED) is 0.626. The second-order valence-electron chi connectivity index (χ2n) is 4.41. The number of carbonyl (C=O) groups is 1. The van der Waals surface area contributed by atoms with Crippen LogP contribution in [-0.2, 0) is 9.53 Å². The number of halogens is 2.